The summed E-state index contributed by atoms with van der Waals surface area (Å²) in [7, 11) is 0. The molecule has 0 spiro atoms. The lowest BCUT2D eigenvalue weighted by molar-refractivity contribution is 0.0385. The molecule has 0 fully saturated rings. The quantitative estimate of drug-likeness (QED) is 0.677. The minimum atomic E-state index is -0.616. The summed E-state index contributed by atoms with van der Waals surface area (Å²) in [5.41, 5.74) is 7.28. The highest BCUT2D eigenvalue weighted by Crippen LogP contribution is 2.34. The Bertz CT molecular complexity index is 700. The third-order valence-electron chi connectivity index (χ3n) is 3.31. The maximum Gasteiger partial charge on any atom is 0.339 e. The first kappa shape index (κ1) is 12.6. The van der Waals surface area contributed by atoms with Crippen LogP contribution in [0.2, 0.25) is 0 Å². The van der Waals surface area contributed by atoms with Crippen LogP contribution in [0.5, 0.6) is 0 Å². The van der Waals surface area contributed by atoms with Gasteiger partial charge in [0.2, 0.25) is 0 Å². The molecule has 0 radical (unpaired) electrons. The number of nitrogens with two attached hydrogens (primary N) is 1. The fourth-order valence-corrected chi connectivity index (χ4v) is 2.34. The van der Waals surface area contributed by atoms with Gasteiger partial charge in [0.15, 0.2) is 0 Å². The monoisotopic (exact) mass is 275 g/mol. The predicted molar refractivity (Wildman–Crippen MR) is 69.1 cm³/mol. The molecule has 0 aromatic heterocycles. The number of rotatable bonds is 2. The number of nitrogen functional groups attached to an aromatic ring is 1. The van der Waals surface area contributed by atoms with Crippen molar-refractivity contribution in [2.24, 2.45) is 0 Å². The van der Waals surface area contributed by atoms with Crippen LogP contribution in [0.25, 0.3) is 0 Å². The number of carbonyl (C=O) groups excluding carboxylic acids is 1. The standard InChI is InChI=1S/C15H11F2NO2/c16-9-1-4-13(17)8(5-9)6-14-11-3-2-10(18)7-12(11)15(19)20-14/h1-5,7,14H,6,18H2. The van der Waals surface area contributed by atoms with Crippen molar-refractivity contribution in [1.29, 1.82) is 0 Å². The second-order valence-corrected chi connectivity index (χ2v) is 4.68. The van der Waals surface area contributed by atoms with Gasteiger partial charge in [-0.1, -0.05) is 6.07 Å². The van der Waals surface area contributed by atoms with Crippen molar-refractivity contribution in [3.63, 3.8) is 0 Å². The molecule has 0 aliphatic carbocycles. The Morgan fingerprint density at radius 2 is 1.95 bits per heavy atom. The lowest BCUT2D eigenvalue weighted by atomic mass is 9.98. The lowest BCUT2D eigenvalue weighted by Gasteiger charge is -2.11. The molecule has 3 nitrogen and oxygen atoms in total. The number of benzene rings is 2. The normalized spacial score (nSPS) is 16.9. The topological polar surface area (TPSA) is 52.3 Å². The van der Waals surface area contributed by atoms with E-state index < -0.39 is 23.7 Å². The van der Waals surface area contributed by atoms with Gasteiger partial charge in [-0.2, -0.15) is 0 Å². The van der Waals surface area contributed by atoms with Crippen LogP contribution in [0.4, 0.5) is 14.5 Å². The molecule has 3 rings (SSSR count). The molecule has 0 bridgehead atoms. The summed E-state index contributed by atoms with van der Waals surface area (Å²) in [5.74, 6) is -1.54. The van der Waals surface area contributed by atoms with Crippen LogP contribution in [0.3, 0.4) is 0 Å². The number of anilines is 1. The number of halogens is 2. The van der Waals surface area contributed by atoms with Crippen LogP contribution in [0, 0.1) is 11.6 Å². The van der Waals surface area contributed by atoms with Gasteiger partial charge in [-0.05, 0) is 35.9 Å². The highest BCUT2D eigenvalue weighted by atomic mass is 19.1. The Morgan fingerprint density at radius 1 is 1.15 bits per heavy atom. The molecular formula is C15H11F2NO2. The van der Waals surface area contributed by atoms with Gasteiger partial charge < -0.3 is 10.5 Å². The Morgan fingerprint density at radius 3 is 2.75 bits per heavy atom. The maximum atomic E-state index is 13.6. The molecule has 5 heteroatoms. The smallest absolute Gasteiger partial charge is 0.339 e. The Kier molecular flexibility index (Phi) is 2.89. The van der Waals surface area contributed by atoms with Crippen LogP contribution in [-0.4, -0.2) is 5.97 Å². The average molecular weight is 275 g/mol. The Balaban J connectivity index is 1.94. The number of cyclic esters (lactones) is 1. The van der Waals surface area contributed by atoms with E-state index in [1.54, 1.807) is 12.1 Å². The number of hydrogen-bond donors (Lipinski definition) is 1. The zero-order chi connectivity index (χ0) is 14.3. The first-order valence-corrected chi connectivity index (χ1v) is 6.09. The van der Waals surface area contributed by atoms with Gasteiger partial charge in [0.05, 0.1) is 5.56 Å². The van der Waals surface area contributed by atoms with E-state index in [4.69, 9.17) is 10.5 Å². The summed E-state index contributed by atoms with van der Waals surface area (Å²) >= 11 is 0. The van der Waals surface area contributed by atoms with Crippen molar-refractivity contribution in [2.45, 2.75) is 12.5 Å². The number of ether oxygens (including phenoxy) is 1. The molecular weight excluding hydrogens is 264 g/mol. The molecule has 102 valence electrons. The van der Waals surface area contributed by atoms with Crippen LogP contribution in [0.1, 0.15) is 27.6 Å². The summed E-state index contributed by atoms with van der Waals surface area (Å²) in [4.78, 5) is 11.7. The molecule has 0 saturated carbocycles. The largest absolute Gasteiger partial charge is 0.453 e. The molecule has 2 N–H and O–H groups in total. The van der Waals surface area contributed by atoms with Crippen molar-refractivity contribution in [1.82, 2.24) is 0 Å². The summed E-state index contributed by atoms with van der Waals surface area (Å²) in [5, 5.41) is 0. The van der Waals surface area contributed by atoms with Crippen LogP contribution in [0.15, 0.2) is 36.4 Å². The van der Waals surface area contributed by atoms with E-state index in [-0.39, 0.29) is 12.0 Å². The number of carbonyl (C=O) groups is 1. The molecule has 1 aliphatic heterocycles. The molecule has 1 unspecified atom stereocenters. The molecule has 1 heterocycles. The van der Waals surface area contributed by atoms with Gasteiger partial charge in [-0.25, -0.2) is 13.6 Å². The Labute approximate surface area is 114 Å². The average Bonchev–Trinajstić information content (AvgIpc) is 2.70. The molecule has 1 aliphatic rings. The van der Waals surface area contributed by atoms with Crippen molar-refractivity contribution in [2.75, 3.05) is 5.73 Å². The second-order valence-electron chi connectivity index (χ2n) is 4.68. The molecule has 0 saturated heterocycles. The van der Waals surface area contributed by atoms with Crippen LogP contribution < -0.4 is 5.73 Å². The Hall–Kier alpha value is -2.43. The van der Waals surface area contributed by atoms with Gasteiger partial charge in [-0.3, -0.25) is 0 Å². The fraction of sp³-hybridized carbons (Fsp3) is 0.133. The lowest BCUT2D eigenvalue weighted by Crippen LogP contribution is -2.04. The molecule has 0 amide bonds. The van der Waals surface area contributed by atoms with Crippen molar-refractivity contribution >= 4 is 11.7 Å². The van der Waals surface area contributed by atoms with Crippen molar-refractivity contribution in [3.8, 4) is 0 Å². The molecule has 1 atom stereocenters. The zero-order valence-corrected chi connectivity index (χ0v) is 10.4. The van der Waals surface area contributed by atoms with E-state index in [0.29, 0.717) is 16.8 Å². The number of hydrogen-bond acceptors (Lipinski definition) is 3. The van der Waals surface area contributed by atoms with Gasteiger partial charge in [0.25, 0.3) is 0 Å². The highest BCUT2D eigenvalue weighted by Gasteiger charge is 2.31. The summed E-state index contributed by atoms with van der Waals surface area (Å²) < 4.78 is 32.0. The van der Waals surface area contributed by atoms with E-state index in [1.807, 2.05) is 0 Å². The summed E-state index contributed by atoms with van der Waals surface area (Å²) in [6.07, 6.45) is -0.527. The van der Waals surface area contributed by atoms with Crippen LogP contribution in [-0.2, 0) is 11.2 Å². The third-order valence-corrected chi connectivity index (χ3v) is 3.31. The zero-order valence-electron chi connectivity index (χ0n) is 10.4. The maximum absolute atomic E-state index is 13.6. The summed E-state index contributed by atoms with van der Waals surface area (Å²) in [6, 6.07) is 8.07. The van der Waals surface area contributed by atoms with Crippen LogP contribution >= 0.6 is 0 Å². The van der Waals surface area contributed by atoms with Gasteiger partial charge in [-0.15, -0.1) is 0 Å². The van der Waals surface area contributed by atoms with Gasteiger partial charge in [0, 0.05) is 17.7 Å². The minimum Gasteiger partial charge on any atom is -0.453 e. The third kappa shape index (κ3) is 2.11. The summed E-state index contributed by atoms with van der Waals surface area (Å²) in [6.45, 7) is 0. The van der Waals surface area contributed by atoms with Gasteiger partial charge in [0.1, 0.15) is 17.7 Å². The van der Waals surface area contributed by atoms with Gasteiger partial charge >= 0.3 is 5.97 Å². The van der Waals surface area contributed by atoms with E-state index in [1.165, 1.54) is 6.07 Å². The SMILES string of the molecule is Nc1ccc2c(c1)C(=O)OC2Cc1cc(F)ccc1F. The van der Waals surface area contributed by atoms with Crippen molar-refractivity contribution < 1.29 is 18.3 Å². The highest BCUT2D eigenvalue weighted by molar-refractivity contribution is 5.95. The van der Waals surface area contributed by atoms with Crippen molar-refractivity contribution in [3.05, 3.63) is 64.7 Å². The molecule has 2 aromatic carbocycles. The number of esters is 1. The molecule has 2 aromatic rings. The fourth-order valence-electron chi connectivity index (χ4n) is 2.34. The second kappa shape index (κ2) is 4.59. The molecule has 20 heavy (non-hydrogen) atoms. The first-order chi connectivity index (χ1) is 9.54. The van der Waals surface area contributed by atoms with E-state index in [2.05, 4.69) is 0 Å². The van der Waals surface area contributed by atoms with E-state index >= 15 is 0 Å². The van der Waals surface area contributed by atoms with E-state index in [0.717, 1.165) is 18.2 Å². The number of fused-ring (bicyclic) bond motifs is 1. The first-order valence-electron chi connectivity index (χ1n) is 6.09. The predicted octanol–water partition coefficient (Wildman–Crippen LogP) is 3.00. The minimum absolute atomic E-state index is 0.0895. The van der Waals surface area contributed by atoms with E-state index in [9.17, 15) is 13.6 Å².